The van der Waals surface area contributed by atoms with Gasteiger partial charge in [0, 0.05) is 29.9 Å². The molecule has 2 nitrogen and oxygen atoms in total. The minimum absolute atomic E-state index is 0.808. The molecule has 0 fully saturated rings. The predicted octanol–water partition coefficient (Wildman–Crippen LogP) is 3.44. The van der Waals surface area contributed by atoms with Crippen molar-refractivity contribution in [2.24, 2.45) is 0 Å². The van der Waals surface area contributed by atoms with Gasteiger partial charge in [-0.2, -0.15) is 0 Å². The van der Waals surface area contributed by atoms with Gasteiger partial charge in [0.1, 0.15) is 0 Å². The Morgan fingerprint density at radius 3 is 2.88 bits per heavy atom. The van der Waals surface area contributed by atoms with Crippen molar-refractivity contribution in [3.8, 4) is 0 Å². The van der Waals surface area contributed by atoms with Crippen molar-refractivity contribution < 1.29 is 0 Å². The SMILES string of the molecule is Cc1nc(CCNCc2ccccc2Cl)cs1. The molecule has 1 N–H and O–H groups in total. The lowest BCUT2D eigenvalue weighted by molar-refractivity contribution is 0.681. The van der Waals surface area contributed by atoms with E-state index in [9.17, 15) is 0 Å². The molecule has 17 heavy (non-hydrogen) atoms. The van der Waals surface area contributed by atoms with Crippen molar-refractivity contribution in [3.05, 3.63) is 50.9 Å². The summed E-state index contributed by atoms with van der Waals surface area (Å²) in [5.41, 5.74) is 2.31. The van der Waals surface area contributed by atoms with Crippen molar-refractivity contribution >= 4 is 22.9 Å². The van der Waals surface area contributed by atoms with Crippen molar-refractivity contribution in [2.75, 3.05) is 6.54 Å². The second-order valence-electron chi connectivity index (χ2n) is 3.88. The van der Waals surface area contributed by atoms with Gasteiger partial charge in [0.25, 0.3) is 0 Å². The summed E-state index contributed by atoms with van der Waals surface area (Å²) in [5.74, 6) is 0. The van der Waals surface area contributed by atoms with Gasteiger partial charge in [-0.25, -0.2) is 4.98 Å². The maximum Gasteiger partial charge on any atom is 0.0897 e. The molecule has 0 aliphatic rings. The molecule has 0 unspecified atom stereocenters. The molecule has 4 heteroatoms. The first-order valence-electron chi connectivity index (χ1n) is 5.61. The number of aromatic nitrogens is 1. The van der Waals surface area contributed by atoms with Crippen molar-refractivity contribution in [3.63, 3.8) is 0 Å². The summed E-state index contributed by atoms with van der Waals surface area (Å²) in [5, 5.41) is 7.45. The number of rotatable bonds is 5. The molecule has 0 spiro atoms. The number of halogens is 1. The van der Waals surface area contributed by atoms with E-state index in [-0.39, 0.29) is 0 Å². The van der Waals surface area contributed by atoms with Crippen LogP contribution in [0.1, 0.15) is 16.3 Å². The van der Waals surface area contributed by atoms with Crippen LogP contribution in [0.15, 0.2) is 29.6 Å². The minimum atomic E-state index is 0.808. The molecule has 90 valence electrons. The van der Waals surface area contributed by atoms with Gasteiger partial charge >= 0.3 is 0 Å². The van der Waals surface area contributed by atoms with E-state index in [4.69, 9.17) is 11.6 Å². The molecule has 2 rings (SSSR count). The zero-order valence-electron chi connectivity index (χ0n) is 9.74. The lowest BCUT2D eigenvalue weighted by atomic mass is 10.2. The Balaban J connectivity index is 1.75. The van der Waals surface area contributed by atoms with Crippen molar-refractivity contribution in [1.82, 2.24) is 10.3 Å². The number of thiazole rings is 1. The standard InChI is InChI=1S/C13H15ClN2S/c1-10-16-12(9-17-10)6-7-15-8-11-4-2-3-5-13(11)14/h2-5,9,15H,6-8H2,1H3. The van der Waals surface area contributed by atoms with E-state index in [2.05, 4.69) is 15.7 Å². The molecule has 1 aromatic heterocycles. The lowest BCUT2D eigenvalue weighted by Gasteiger charge is -2.05. The molecule has 0 atom stereocenters. The number of nitrogens with one attached hydrogen (secondary N) is 1. The second-order valence-corrected chi connectivity index (χ2v) is 5.35. The molecule has 0 radical (unpaired) electrons. The van der Waals surface area contributed by atoms with Gasteiger partial charge in [-0.05, 0) is 18.6 Å². The first-order valence-corrected chi connectivity index (χ1v) is 6.86. The van der Waals surface area contributed by atoms with Crippen LogP contribution in [0, 0.1) is 6.92 Å². The van der Waals surface area contributed by atoms with E-state index in [1.807, 2.05) is 31.2 Å². The van der Waals surface area contributed by atoms with Crippen LogP contribution in [0.3, 0.4) is 0 Å². The van der Waals surface area contributed by atoms with E-state index in [1.54, 1.807) is 11.3 Å². The Hall–Kier alpha value is -0.900. The molecule has 0 saturated carbocycles. The number of benzene rings is 1. The highest BCUT2D eigenvalue weighted by atomic mass is 35.5. The summed E-state index contributed by atoms with van der Waals surface area (Å²) < 4.78 is 0. The van der Waals surface area contributed by atoms with Crippen LogP contribution in [-0.4, -0.2) is 11.5 Å². The Kier molecular flexibility index (Phi) is 4.54. The van der Waals surface area contributed by atoms with Gasteiger partial charge in [0.2, 0.25) is 0 Å². The van der Waals surface area contributed by atoms with Crippen LogP contribution < -0.4 is 5.32 Å². The van der Waals surface area contributed by atoms with Gasteiger partial charge in [0.15, 0.2) is 0 Å². The zero-order chi connectivity index (χ0) is 12.1. The highest BCUT2D eigenvalue weighted by Crippen LogP contribution is 2.14. The number of aryl methyl sites for hydroxylation is 1. The maximum atomic E-state index is 6.07. The topological polar surface area (TPSA) is 24.9 Å². The van der Waals surface area contributed by atoms with Gasteiger partial charge in [-0.15, -0.1) is 11.3 Å². The summed E-state index contributed by atoms with van der Waals surface area (Å²) >= 11 is 7.77. The van der Waals surface area contributed by atoms with Gasteiger partial charge in [-0.1, -0.05) is 29.8 Å². The van der Waals surface area contributed by atoms with E-state index in [0.29, 0.717) is 0 Å². The first-order chi connectivity index (χ1) is 8.25. The van der Waals surface area contributed by atoms with Gasteiger partial charge in [-0.3, -0.25) is 0 Å². The lowest BCUT2D eigenvalue weighted by Crippen LogP contribution is -2.17. The number of hydrogen-bond acceptors (Lipinski definition) is 3. The van der Waals surface area contributed by atoms with E-state index < -0.39 is 0 Å². The summed E-state index contributed by atoms with van der Waals surface area (Å²) in [6.45, 7) is 3.77. The highest BCUT2D eigenvalue weighted by Gasteiger charge is 2.00. The third kappa shape index (κ3) is 3.80. The van der Waals surface area contributed by atoms with Crippen molar-refractivity contribution in [1.29, 1.82) is 0 Å². The van der Waals surface area contributed by atoms with Crippen molar-refractivity contribution in [2.45, 2.75) is 19.9 Å². The highest BCUT2D eigenvalue weighted by molar-refractivity contribution is 7.09. The largest absolute Gasteiger partial charge is 0.312 e. The van der Waals surface area contributed by atoms with Crippen LogP contribution in [0.25, 0.3) is 0 Å². The number of nitrogens with zero attached hydrogens (tertiary/aromatic N) is 1. The Bertz CT molecular complexity index is 482. The predicted molar refractivity (Wildman–Crippen MR) is 73.7 cm³/mol. The molecule has 1 heterocycles. The van der Waals surface area contributed by atoms with Crippen LogP contribution in [0.5, 0.6) is 0 Å². The van der Waals surface area contributed by atoms with E-state index in [0.717, 1.165) is 35.1 Å². The molecule has 0 bridgehead atoms. The fourth-order valence-electron chi connectivity index (χ4n) is 1.60. The fraction of sp³-hybridized carbons (Fsp3) is 0.308. The first kappa shape index (κ1) is 12.6. The summed E-state index contributed by atoms with van der Waals surface area (Å²) in [7, 11) is 0. The summed E-state index contributed by atoms with van der Waals surface area (Å²) in [6, 6.07) is 7.92. The van der Waals surface area contributed by atoms with E-state index >= 15 is 0 Å². The molecular weight excluding hydrogens is 252 g/mol. The smallest absolute Gasteiger partial charge is 0.0897 e. The van der Waals surface area contributed by atoms with Crippen LogP contribution in [0.4, 0.5) is 0 Å². The van der Waals surface area contributed by atoms with Gasteiger partial charge in [0.05, 0.1) is 10.7 Å². The molecule has 0 aliphatic carbocycles. The molecule has 0 amide bonds. The third-order valence-electron chi connectivity index (χ3n) is 2.50. The molecule has 0 saturated heterocycles. The zero-order valence-corrected chi connectivity index (χ0v) is 11.3. The number of hydrogen-bond donors (Lipinski definition) is 1. The average Bonchev–Trinajstić information content (AvgIpc) is 2.73. The normalized spacial score (nSPS) is 10.7. The van der Waals surface area contributed by atoms with Crippen LogP contribution in [-0.2, 0) is 13.0 Å². The Morgan fingerprint density at radius 1 is 1.35 bits per heavy atom. The average molecular weight is 267 g/mol. The fourth-order valence-corrected chi connectivity index (χ4v) is 2.45. The Labute approximate surface area is 111 Å². The molecule has 1 aromatic carbocycles. The summed E-state index contributed by atoms with van der Waals surface area (Å²) in [4.78, 5) is 4.43. The quantitative estimate of drug-likeness (QED) is 0.839. The van der Waals surface area contributed by atoms with Crippen LogP contribution in [0.2, 0.25) is 5.02 Å². The third-order valence-corrected chi connectivity index (χ3v) is 3.69. The molecular formula is C13H15ClN2S. The Morgan fingerprint density at radius 2 is 2.18 bits per heavy atom. The molecule has 2 aromatic rings. The van der Waals surface area contributed by atoms with E-state index in [1.165, 1.54) is 5.69 Å². The second kappa shape index (κ2) is 6.15. The molecule has 0 aliphatic heterocycles. The minimum Gasteiger partial charge on any atom is -0.312 e. The van der Waals surface area contributed by atoms with Gasteiger partial charge < -0.3 is 5.32 Å². The monoisotopic (exact) mass is 266 g/mol. The van der Waals surface area contributed by atoms with Crippen LogP contribution >= 0.6 is 22.9 Å². The maximum absolute atomic E-state index is 6.07. The summed E-state index contributed by atoms with van der Waals surface area (Å²) in [6.07, 6.45) is 0.967.